The summed E-state index contributed by atoms with van der Waals surface area (Å²) in [4.78, 5) is 30.3. The summed E-state index contributed by atoms with van der Waals surface area (Å²) in [7, 11) is 3.98. The van der Waals surface area contributed by atoms with Gasteiger partial charge in [0.1, 0.15) is 6.10 Å². The van der Waals surface area contributed by atoms with Gasteiger partial charge in [-0.1, -0.05) is 18.2 Å². The van der Waals surface area contributed by atoms with E-state index in [0.717, 1.165) is 18.5 Å². The van der Waals surface area contributed by atoms with Crippen molar-refractivity contribution in [2.45, 2.75) is 37.5 Å². The first-order valence-corrected chi connectivity index (χ1v) is 9.52. The molecule has 8 nitrogen and oxygen atoms in total. The second-order valence-electron chi connectivity index (χ2n) is 7.12. The van der Waals surface area contributed by atoms with Gasteiger partial charge >= 0.3 is 0 Å². The van der Waals surface area contributed by atoms with Gasteiger partial charge in [0.2, 0.25) is 11.8 Å². The molecular formula is C20H30N4O4. The number of nitrogens with one attached hydrogen (secondary N) is 2. The van der Waals surface area contributed by atoms with Crippen molar-refractivity contribution in [1.82, 2.24) is 20.5 Å². The number of rotatable bonds is 10. The summed E-state index contributed by atoms with van der Waals surface area (Å²) in [5, 5.41) is 15.3. The number of ether oxygens (including phenoxy) is 1. The van der Waals surface area contributed by atoms with Crippen LogP contribution >= 0.6 is 0 Å². The average Bonchev–Trinajstić information content (AvgIpc) is 2.67. The topological polar surface area (TPSA) is 104 Å². The van der Waals surface area contributed by atoms with E-state index in [1.54, 1.807) is 30.6 Å². The highest BCUT2D eigenvalue weighted by molar-refractivity contribution is 5.79. The minimum absolute atomic E-state index is 0.0934. The summed E-state index contributed by atoms with van der Waals surface area (Å²) in [6, 6.07) is 3.17. The molecule has 0 fully saturated rings. The highest BCUT2D eigenvalue weighted by atomic mass is 16.5. The van der Waals surface area contributed by atoms with Crippen molar-refractivity contribution >= 4 is 11.8 Å². The van der Waals surface area contributed by atoms with Gasteiger partial charge in [-0.05, 0) is 38.7 Å². The summed E-state index contributed by atoms with van der Waals surface area (Å²) < 4.78 is 5.78. The van der Waals surface area contributed by atoms with E-state index in [-0.39, 0.29) is 31.3 Å². The molecule has 1 aromatic heterocycles. The van der Waals surface area contributed by atoms with Crippen LogP contribution in [-0.4, -0.2) is 78.8 Å². The van der Waals surface area contributed by atoms with E-state index >= 15 is 0 Å². The Hall–Kier alpha value is -2.29. The van der Waals surface area contributed by atoms with E-state index in [1.165, 1.54) is 0 Å². The van der Waals surface area contributed by atoms with Crippen LogP contribution in [0.2, 0.25) is 0 Å². The maximum Gasteiger partial charge on any atom is 0.225 e. The molecule has 0 bridgehead atoms. The number of aliphatic hydroxyl groups is 1. The van der Waals surface area contributed by atoms with Crippen LogP contribution < -0.4 is 10.6 Å². The molecule has 2 heterocycles. The molecule has 0 saturated heterocycles. The smallest absolute Gasteiger partial charge is 0.225 e. The minimum Gasteiger partial charge on any atom is -0.394 e. The number of amides is 2. The van der Waals surface area contributed by atoms with Gasteiger partial charge in [0.15, 0.2) is 0 Å². The van der Waals surface area contributed by atoms with Crippen LogP contribution in [0.15, 0.2) is 36.7 Å². The number of carbonyl (C=O) groups is 2. The highest BCUT2D eigenvalue weighted by Gasteiger charge is 2.28. The van der Waals surface area contributed by atoms with E-state index in [0.29, 0.717) is 6.54 Å². The Bertz CT molecular complexity index is 651. The van der Waals surface area contributed by atoms with Crippen LogP contribution in [0, 0.1) is 0 Å². The van der Waals surface area contributed by atoms with Crippen molar-refractivity contribution in [3.05, 3.63) is 42.2 Å². The molecule has 8 heteroatoms. The molecule has 0 aromatic carbocycles. The summed E-state index contributed by atoms with van der Waals surface area (Å²) in [6.45, 7) is 1.28. The largest absolute Gasteiger partial charge is 0.394 e. The Morgan fingerprint density at radius 3 is 2.79 bits per heavy atom. The third-order valence-electron chi connectivity index (χ3n) is 4.37. The van der Waals surface area contributed by atoms with Gasteiger partial charge < -0.3 is 25.4 Å². The summed E-state index contributed by atoms with van der Waals surface area (Å²) in [6.07, 6.45) is 7.11. The monoisotopic (exact) mass is 390 g/mol. The zero-order valence-electron chi connectivity index (χ0n) is 16.5. The van der Waals surface area contributed by atoms with Crippen molar-refractivity contribution in [2.24, 2.45) is 0 Å². The van der Waals surface area contributed by atoms with Gasteiger partial charge in [-0.3, -0.25) is 14.6 Å². The fourth-order valence-corrected chi connectivity index (χ4v) is 2.94. The summed E-state index contributed by atoms with van der Waals surface area (Å²) >= 11 is 0. The maximum atomic E-state index is 12.2. The first-order chi connectivity index (χ1) is 13.5. The molecule has 0 aliphatic carbocycles. The van der Waals surface area contributed by atoms with Crippen LogP contribution in [-0.2, 0) is 20.7 Å². The normalized spacial score (nSPS) is 21.5. The fourth-order valence-electron chi connectivity index (χ4n) is 2.94. The number of carbonyl (C=O) groups excluding carboxylic acids is 2. The van der Waals surface area contributed by atoms with Crippen LogP contribution in [0.25, 0.3) is 0 Å². The number of pyridine rings is 1. The molecule has 28 heavy (non-hydrogen) atoms. The van der Waals surface area contributed by atoms with Crippen molar-refractivity contribution in [3.63, 3.8) is 0 Å². The van der Waals surface area contributed by atoms with Crippen LogP contribution in [0.5, 0.6) is 0 Å². The lowest BCUT2D eigenvalue weighted by Gasteiger charge is -2.31. The summed E-state index contributed by atoms with van der Waals surface area (Å²) in [5.74, 6) is -0.272. The van der Waals surface area contributed by atoms with Crippen LogP contribution in [0.1, 0.15) is 18.4 Å². The molecule has 0 saturated carbocycles. The predicted molar refractivity (Wildman–Crippen MR) is 106 cm³/mol. The Kier molecular flexibility index (Phi) is 9.06. The zero-order chi connectivity index (χ0) is 20.4. The molecule has 0 unspecified atom stereocenters. The lowest BCUT2D eigenvalue weighted by atomic mass is 10.0. The Morgan fingerprint density at radius 2 is 2.11 bits per heavy atom. The van der Waals surface area contributed by atoms with Gasteiger partial charge in [-0.25, -0.2) is 0 Å². The maximum absolute atomic E-state index is 12.2. The zero-order valence-corrected chi connectivity index (χ0v) is 16.5. The first-order valence-electron chi connectivity index (χ1n) is 9.52. The number of aliphatic hydroxyl groups excluding tert-OH is 1. The highest BCUT2D eigenvalue weighted by Crippen LogP contribution is 2.16. The van der Waals surface area contributed by atoms with Crippen LogP contribution in [0.4, 0.5) is 0 Å². The molecule has 3 N–H and O–H groups in total. The van der Waals surface area contributed by atoms with Gasteiger partial charge in [-0.2, -0.15) is 0 Å². The van der Waals surface area contributed by atoms with Crippen molar-refractivity contribution in [3.8, 4) is 0 Å². The number of hydrogen-bond donors (Lipinski definition) is 3. The van der Waals surface area contributed by atoms with Crippen molar-refractivity contribution in [2.75, 3.05) is 33.8 Å². The fraction of sp³-hybridized carbons (Fsp3) is 0.550. The third kappa shape index (κ3) is 7.75. The molecule has 3 atom stereocenters. The molecule has 2 rings (SSSR count). The quantitative estimate of drug-likeness (QED) is 0.380. The Morgan fingerprint density at radius 1 is 1.29 bits per heavy atom. The molecule has 0 radical (unpaired) electrons. The average molecular weight is 390 g/mol. The van der Waals surface area contributed by atoms with Crippen molar-refractivity contribution < 1.29 is 19.4 Å². The SMILES string of the molecule is CN(C)CCCNC(=O)C[C@H]1C=C[C@H](NC(=O)Cc2cccnc2)[C@@H](CO)O1. The van der Waals surface area contributed by atoms with E-state index in [1.807, 2.05) is 20.2 Å². The molecular weight excluding hydrogens is 360 g/mol. The van der Waals surface area contributed by atoms with Gasteiger partial charge in [0.05, 0.1) is 31.6 Å². The molecule has 2 amide bonds. The molecule has 1 aliphatic heterocycles. The second-order valence-corrected chi connectivity index (χ2v) is 7.12. The van der Waals surface area contributed by atoms with Crippen molar-refractivity contribution in [1.29, 1.82) is 0 Å². The van der Waals surface area contributed by atoms with E-state index in [2.05, 4.69) is 20.5 Å². The molecule has 0 spiro atoms. The minimum atomic E-state index is -0.589. The number of aromatic nitrogens is 1. The number of hydrogen-bond acceptors (Lipinski definition) is 6. The summed E-state index contributed by atoms with van der Waals surface area (Å²) in [5.41, 5.74) is 0.810. The van der Waals surface area contributed by atoms with Gasteiger partial charge in [0, 0.05) is 18.9 Å². The van der Waals surface area contributed by atoms with Gasteiger partial charge in [0.25, 0.3) is 0 Å². The predicted octanol–water partition coefficient (Wildman–Crippen LogP) is -0.117. The van der Waals surface area contributed by atoms with Gasteiger partial charge in [-0.15, -0.1) is 0 Å². The van der Waals surface area contributed by atoms with E-state index in [4.69, 9.17) is 4.74 Å². The lowest BCUT2D eigenvalue weighted by molar-refractivity contribution is -0.128. The Labute approximate surface area is 166 Å². The molecule has 1 aliphatic rings. The van der Waals surface area contributed by atoms with E-state index < -0.39 is 18.2 Å². The van der Waals surface area contributed by atoms with Crippen LogP contribution in [0.3, 0.4) is 0 Å². The lowest BCUT2D eigenvalue weighted by Crippen LogP contribution is -2.49. The first kappa shape index (κ1) is 22.0. The molecule has 1 aromatic rings. The number of nitrogens with zero attached hydrogens (tertiary/aromatic N) is 2. The molecule has 154 valence electrons. The third-order valence-corrected chi connectivity index (χ3v) is 4.37. The standard InChI is InChI=1S/C20H30N4O4/c1-24(2)10-4-9-22-19(26)12-16-6-7-17(18(14-25)28-16)23-20(27)11-15-5-3-8-21-13-15/h3,5-8,13,16-18,25H,4,9-12,14H2,1-2H3,(H,22,26)(H,23,27)/t16-,17+,18-/m1/s1. The Balaban J connectivity index is 1.79. The second kappa shape index (κ2) is 11.5. The van der Waals surface area contributed by atoms with E-state index in [9.17, 15) is 14.7 Å².